The number of carbonyl (C=O) groups is 2. The fourth-order valence-corrected chi connectivity index (χ4v) is 5.40. The number of rotatable bonds is 8. The molecule has 3 aromatic rings. The van der Waals surface area contributed by atoms with E-state index in [1.54, 1.807) is 22.3 Å². The van der Waals surface area contributed by atoms with Crippen molar-refractivity contribution in [1.29, 1.82) is 0 Å². The zero-order valence-corrected chi connectivity index (χ0v) is 21.4. The molecule has 4 heterocycles. The third-order valence-electron chi connectivity index (χ3n) is 5.39. The van der Waals surface area contributed by atoms with Gasteiger partial charge in [-0.3, -0.25) is 14.5 Å². The highest BCUT2D eigenvalue weighted by atomic mass is 32.1. The molecule has 9 heteroatoms. The smallest absolute Gasteiger partial charge is 0.290 e. The summed E-state index contributed by atoms with van der Waals surface area (Å²) >= 11 is 3.03. The highest BCUT2D eigenvalue weighted by Gasteiger charge is 2.36. The molecular formula is C25H31N3O4S2. The standard InChI is InChI=1S/C25H31N3O4S2/c1-25(2,3)26-23(29)22(21-7-5-15-34-21)28(17-19-6-4-14-33-19)24(30)20-9-8-18(32-20)16-27-10-12-31-13-11-27/h4-9,14-15,22H,10-13,16-17H2,1-3H3,(H,26,29)/t22-/m0/s1. The lowest BCUT2D eigenvalue weighted by Gasteiger charge is -2.32. The Morgan fingerprint density at radius 1 is 1.09 bits per heavy atom. The molecular weight excluding hydrogens is 470 g/mol. The lowest BCUT2D eigenvalue weighted by Crippen LogP contribution is -2.48. The predicted molar refractivity (Wildman–Crippen MR) is 134 cm³/mol. The van der Waals surface area contributed by atoms with Crippen molar-refractivity contribution in [1.82, 2.24) is 15.1 Å². The predicted octanol–water partition coefficient (Wildman–Crippen LogP) is 4.53. The van der Waals surface area contributed by atoms with Gasteiger partial charge in [-0.15, -0.1) is 22.7 Å². The monoisotopic (exact) mass is 501 g/mol. The van der Waals surface area contributed by atoms with Gasteiger partial charge in [-0.1, -0.05) is 12.1 Å². The maximum atomic E-state index is 13.8. The Balaban J connectivity index is 1.63. The molecule has 0 saturated carbocycles. The van der Waals surface area contributed by atoms with Crippen molar-refractivity contribution >= 4 is 34.5 Å². The highest BCUT2D eigenvalue weighted by Crippen LogP contribution is 2.31. The number of thiophene rings is 2. The van der Waals surface area contributed by atoms with Crippen LogP contribution in [0.5, 0.6) is 0 Å². The SMILES string of the molecule is CC(C)(C)NC(=O)[C@H](c1cccs1)N(Cc1cccs1)C(=O)c1ccc(CN2CCOCC2)o1. The van der Waals surface area contributed by atoms with Crippen LogP contribution in [0.4, 0.5) is 0 Å². The molecule has 1 aliphatic heterocycles. The molecule has 1 fully saturated rings. The molecule has 0 radical (unpaired) electrons. The minimum absolute atomic E-state index is 0.208. The number of hydrogen-bond donors (Lipinski definition) is 1. The summed E-state index contributed by atoms with van der Waals surface area (Å²) in [5, 5.41) is 6.96. The van der Waals surface area contributed by atoms with Gasteiger partial charge in [0.05, 0.1) is 26.3 Å². The van der Waals surface area contributed by atoms with Gasteiger partial charge in [0.15, 0.2) is 5.76 Å². The molecule has 182 valence electrons. The zero-order chi connectivity index (χ0) is 24.1. The summed E-state index contributed by atoms with van der Waals surface area (Å²) in [6.07, 6.45) is 0. The summed E-state index contributed by atoms with van der Waals surface area (Å²) in [6.45, 7) is 9.82. The Hall–Kier alpha value is -2.46. The van der Waals surface area contributed by atoms with Crippen LogP contribution in [0.25, 0.3) is 0 Å². The zero-order valence-electron chi connectivity index (χ0n) is 19.8. The molecule has 1 aliphatic rings. The van der Waals surface area contributed by atoms with E-state index in [9.17, 15) is 9.59 Å². The first-order chi connectivity index (χ1) is 16.3. The van der Waals surface area contributed by atoms with E-state index >= 15 is 0 Å². The second-order valence-corrected chi connectivity index (χ2v) is 11.3. The van der Waals surface area contributed by atoms with Gasteiger partial charge >= 0.3 is 0 Å². The average molecular weight is 502 g/mol. The number of carbonyl (C=O) groups excluding carboxylic acids is 2. The summed E-state index contributed by atoms with van der Waals surface area (Å²) in [6, 6.07) is 10.5. The second-order valence-electron chi connectivity index (χ2n) is 9.32. The van der Waals surface area contributed by atoms with Crippen molar-refractivity contribution in [2.75, 3.05) is 26.3 Å². The van der Waals surface area contributed by atoms with Gasteiger partial charge < -0.3 is 19.4 Å². The summed E-state index contributed by atoms with van der Waals surface area (Å²) in [4.78, 5) is 33.0. The maximum absolute atomic E-state index is 13.8. The lowest BCUT2D eigenvalue weighted by atomic mass is 10.1. The Morgan fingerprint density at radius 2 is 1.82 bits per heavy atom. The molecule has 2 amide bonds. The van der Waals surface area contributed by atoms with Crippen LogP contribution in [-0.2, 0) is 22.6 Å². The van der Waals surface area contributed by atoms with Crippen LogP contribution in [0.3, 0.4) is 0 Å². The third-order valence-corrected chi connectivity index (χ3v) is 7.18. The van der Waals surface area contributed by atoms with Crippen molar-refractivity contribution in [3.05, 3.63) is 68.4 Å². The molecule has 1 saturated heterocycles. The van der Waals surface area contributed by atoms with Crippen LogP contribution in [0.1, 0.15) is 52.9 Å². The van der Waals surface area contributed by atoms with E-state index in [1.807, 2.05) is 61.9 Å². The van der Waals surface area contributed by atoms with Gasteiger partial charge in [0.1, 0.15) is 11.8 Å². The summed E-state index contributed by atoms with van der Waals surface area (Å²) in [5.41, 5.74) is -0.430. The number of morpholine rings is 1. The Kier molecular flexibility index (Phi) is 7.88. The summed E-state index contributed by atoms with van der Waals surface area (Å²) in [7, 11) is 0. The van der Waals surface area contributed by atoms with Gasteiger partial charge in [0.2, 0.25) is 5.91 Å². The van der Waals surface area contributed by atoms with E-state index in [0.29, 0.717) is 26.3 Å². The van der Waals surface area contributed by atoms with E-state index in [-0.39, 0.29) is 17.6 Å². The summed E-state index contributed by atoms with van der Waals surface area (Å²) < 4.78 is 11.4. The molecule has 0 aliphatic carbocycles. The molecule has 7 nitrogen and oxygen atoms in total. The van der Waals surface area contributed by atoms with Gasteiger partial charge in [0.25, 0.3) is 5.91 Å². The van der Waals surface area contributed by atoms with Gasteiger partial charge in [-0.25, -0.2) is 0 Å². The molecule has 0 aromatic carbocycles. The molecule has 0 bridgehead atoms. The van der Waals surface area contributed by atoms with Crippen LogP contribution in [0.2, 0.25) is 0 Å². The third kappa shape index (κ3) is 6.35. The fraction of sp³-hybridized carbons (Fsp3) is 0.440. The van der Waals surface area contributed by atoms with Crippen LogP contribution >= 0.6 is 22.7 Å². The molecule has 4 rings (SSSR count). The van der Waals surface area contributed by atoms with E-state index in [0.717, 1.165) is 28.6 Å². The number of ether oxygens (including phenoxy) is 1. The first-order valence-electron chi connectivity index (χ1n) is 11.4. The quantitative estimate of drug-likeness (QED) is 0.491. The van der Waals surface area contributed by atoms with E-state index in [2.05, 4.69) is 10.2 Å². The van der Waals surface area contributed by atoms with Crippen molar-refractivity contribution in [3.8, 4) is 0 Å². The maximum Gasteiger partial charge on any atom is 0.290 e. The first-order valence-corrected chi connectivity index (χ1v) is 13.1. The van der Waals surface area contributed by atoms with Crippen molar-refractivity contribution in [3.63, 3.8) is 0 Å². The van der Waals surface area contributed by atoms with E-state index < -0.39 is 11.6 Å². The van der Waals surface area contributed by atoms with Crippen LogP contribution in [0.15, 0.2) is 51.6 Å². The number of nitrogens with zero attached hydrogens (tertiary/aromatic N) is 2. The lowest BCUT2D eigenvalue weighted by molar-refractivity contribution is -0.127. The molecule has 0 unspecified atom stereocenters. The normalized spacial score (nSPS) is 15.7. The van der Waals surface area contributed by atoms with Crippen LogP contribution in [0, 0.1) is 0 Å². The molecule has 3 aromatic heterocycles. The Bertz CT molecular complexity index is 1060. The van der Waals surface area contributed by atoms with E-state index in [4.69, 9.17) is 9.15 Å². The Labute approximate surface area is 208 Å². The molecule has 1 N–H and O–H groups in total. The minimum atomic E-state index is -0.762. The number of furan rings is 1. The number of amides is 2. The average Bonchev–Trinajstić information content (AvgIpc) is 3.56. The fourth-order valence-electron chi connectivity index (χ4n) is 3.86. The van der Waals surface area contributed by atoms with Gasteiger partial charge in [0, 0.05) is 28.4 Å². The molecule has 0 spiro atoms. The summed E-state index contributed by atoms with van der Waals surface area (Å²) in [5.74, 6) is 0.460. The Morgan fingerprint density at radius 3 is 2.47 bits per heavy atom. The van der Waals surface area contributed by atoms with Crippen LogP contribution < -0.4 is 5.32 Å². The number of nitrogens with one attached hydrogen (secondary N) is 1. The van der Waals surface area contributed by atoms with Crippen molar-refractivity contribution in [2.45, 2.75) is 45.4 Å². The van der Waals surface area contributed by atoms with Crippen molar-refractivity contribution in [2.24, 2.45) is 0 Å². The second kappa shape index (κ2) is 10.9. The van der Waals surface area contributed by atoms with Crippen LogP contribution in [-0.4, -0.2) is 53.5 Å². The molecule has 1 atom stereocenters. The minimum Gasteiger partial charge on any atom is -0.455 e. The largest absolute Gasteiger partial charge is 0.455 e. The highest BCUT2D eigenvalue weighted by molar-refractivity contribution is 7.10. The molecule has 34 heavy (non-hydrogen) atoms. The van der Waals surface area contributed by atoms with Gasteiger partial charge in [-0.05, 0) is 55.8 Å². The topological polar surface area (TPSA) is 75.0 Å². The van der Waals surface area contributed by atoms with E-state index in [1.165, 1.54) is 11.3 Å². The number of hydrogen-bond acceptors (Lipinski definition) is 7. The van der Waals surface area contributed by atoms with Gasteiger partial charge in [-0.2, -0.15) is 0 Å². The van der Waals surface area contributed by atoms with Crippen molar-refractivity contribution < 1.29 is 18.7 Å². The first kappa shape index (κ1) is 24.7.